The second-order valence-corrected chi connectivity index (χ2v) is 3.77. The van der Waals surface area contributed by atoms with Crippen molar-refractivity contribution < 1.29 is 24.3 Å². The summed E-state index contributed by atoms with van der Waals surface area (Å²) in [5.41, 5.74) is -0.473. The summed E-state index contributed by atoms with van der Waals surface area (Å²) in [6.45, 7) is 0.246. The van der Waals surface area contributed by atoms with Crippen molar-refractivity contribution >= 4 is 17.4 Å². The molecule has 0 aliphatic rings. The summed E-state index contributed by atoms with van der Waals surface area (Å²) in [6.07, 6.45) is 0. The zero-order valence-corrected chi connectivity index (χ0v) is 11.1. The van der Waals surface area contributed by atoms with Crippen molar-refractivity contribution in [1.29, 1.82) is 5.26 Å². The first kappa shape index (κ1) is 16.1. The molecule has 0 atom stereocenters. The van der Waals surface area contributed by atoms with Gasteiger partial charge in [-0.25, -0.2) is 4.79 Å². The molecule has 1 aromatic carbocycles. The number of non-ortho nitro benzene ring substituents is 1. The highest BCUT2D eigenvalue weighted by molar-refractivity contribution is 5.99. The minimum absolute atomic E-state index is 0.0429. The molecule has 21 heavy (non-hydrogen) atoms. The van der Waals surface area contributed by atoms with E-state index in [9.17, 15) is 14.9 Å². The lowest BCUT2D eigenvalue weighted by Crippen LogP contribution is -2.08. The number of nitro benzene ring substituents is 1. The lowest BCUT2D eigenvalue weighted by molar-refractivity contribution is -0.384. The summed E-state index contributed by atoms with van der Waals surface area (Å²) >= 11 is 0. The predicted octanol–water partition coefficient (Wildman–Crippen LogP) is 1.58. The Morgan fingerprint density at radius 2 is 2.00 bits per heavy atom. The zero-order valence-electron chi connectivity index (χ0n) is 11.1. The van der Waals surface area contributed by atoms with E-state index in [0.717, 1.165) is 0 Å². The maximum atomic E-state index is 11.1. The fraction of sp³-hybridized carbons (Fsp3) is 0.231. The molecular weight excluding hydrogens is 280 g/mol. The number of aliphatic carboxylic acids is 1. The number of methoxy groups -OCH3 is 1. The third kappa shape index (κ3) is 4.29. The molecule has 0 radical (unpaired) electrons. The van der Waals surface area contributed by atoms with E-state index in [-0.39, 0.29) is 30.2 Å². The van der Waals surface area contributed by atoms with Gasteiger partial charge in [-0.3, -0.25) is 10.1 Å². The van der Waals surface area contributed by atoms with Crippen LogP contribution in [0.3, 0.4) is 0 Å². The van der Waals surface area contributed by atoms with Crippen molar-refractivity contribution in [3.05, 3.63) is 45.5 Å². The molecule has 0 saturated heterocycles. The van der Waals surface area contributed by atoms with Gasteiger partial charge < -0.3 is 14.6 Å². The maximum absolute atomic E-state index is 11.1. The second kappa shape index (κ2) is 7.62. The molecule has 8 heteroatoms. The van der Waals surface area contributed by atoms with Crippen LogP contribution in [-0.4, -0.2) is 36.3 Å². The summed E-state index contributed by atoms with van der Waals surface area (Å²) in [5, 5.41) is 28.5. The summed E-state index contributed by atoms with van der Waals surface area (Å²) in [7, 11) is 1.45. The molecule has 0 unspecified atom stereocenters. The van der Waals surface area contributed by atoms with Gasteiger partial charge in [0.25, 0.3) is 5.69 Å². The van der Waals surface area contributed by atoms with E-state index >= 15 is 0 Å². The van der Waals surface area contributed by atoms with Crippen molar-refractivity contribution in [2.75, 3.05) is 20.3 Å². The van der Waals surface area contributed by atoms with E-state index in [0.29, 0.717) is 0 Å². The minimum atomic E-state index is -1.44. The molecule has 0 fully saturated rings. The van der Waals surface area contributed by atoms with Gasteiger partial charge in [0.15, 0.2) is 11.3 Å². The normalized spacial score (nSPS) is 11.2. The predicted molar refractivity (Wildman–Crippen MR) is 71.1 cm³/mol. The van der Waals surface area contributed by atoms with Gasteiger partial charge in [-0.05, 0) is 12.1 Å². The summed E-state index contributed by atoms with van der Waals surface area (Å²) in [5.74, 6) is -1.60. The third-order valence-electron chi connectivity index (χ3n) is 2.43. The molecule has 0 amide bonds. The first-order chi connectivity index (χ1) is 10.0. The van der Waals surface area contributed by atoms with Gasteiger partial charge in [0.05, 0.1) is 11.5 Å². The van der Waals surface area contributed by atoms with Crippen molar-refractivity contribution in [3.63, 3.8) is 0 Å². The maximum Gasteiger partial charge on any atom is 0.350 e. The monoisotopic (exact) mass is 292 g/mol. The average molecular weight is 292 g/mol. The van der Waals surface area contributed by atoms with Crippen LogP contribution in [0.4, 0.5) is 5.69 Å². The van der Waals surface area contributed by atoms with E-state index < -0.39 is 16.5 Å². The highest BCUT2D eigenvalue weighted by atomic mass is 16.6. The first-order valence-corrected chi connectivity index (χ1v) is 5.75. The van der Waals surface area contributed by atoms with Gasteiger partial charge in [-0.1, -0.05) is 0 Å². The third-order valence-corrected chi connectivity index (χ3v) is 2.43. The number of nitriles is 1. The zero-order chi connectivity index (χ0) is 15.8. The van der Waals surface area contributed by atoms with Crippen molar-refractivity contribution in [1.82, 2.24) is 0 Å². The van der Waals surface area contributed by atoms with Crippen LogP contribution in [-0.2, 0) is 14.3 Å². The number of ether oxygens (including phenoxy) is 2. The van der Waals surface area contributed by atoms with E-state index in [1.807, 2.05) is 0 Å². The second-order valence-electron chi connectivity index (χ2n) is 3.77. The van der Waals surface area contributed by atoms with Crippen LogP contribution < -0.4 is 0 Å². The molecule has 1 aromatic rings. The summed E-state index contributed by atoms with van der Waals surface area (Å²) in [6, 6.07) is 6.59. The minimum Gasteiger partial charge on any atom is -0.489 e. The Morgan fingerprint density at radius 3 is 2.43 bits per heavy atom. The standard InChI is InChI=1S/C13H12N2O6/c1-20-6-7-21-12(11(8-14)13(16)17)9-2-4-10(5-3-9)15(18)19/h2-5H,6-7H2,1H3,(H,16,17). The molecule has 0 aromatic heterocycles. The van der Waals surface area contributed by atoms with Crippen molar-refractivity contribution in [3.8, 4) is 6.07 Å². The SMILES string of the molecule is COCCOC(=C(C#N)C(=O)O)c1ccc([N+](=O)[O-])cc1. The topological polar surface area (TPSA) is 123 Å². The molecule has 8 nitrogen and oxygen atoms in total. The number of hydrogen-bond acceptors (Lipinski definition) is 6. The number of nitrogens with zero attached hydrogens (tertiary/aromatic N) is 2. The number of benzene rings is 1. The van der Waals surface area contributed by atoms with Crippen LogP contribution in [0.5, 0.6) is 0 Å². The van der Waals surface area contributed by atoms with Gasteiger partial charge in [0, 0.05) is 24.8 Å². The molecule has 0 bridgehead atoms. The van der Waals surface area contributed by atoms with E-state index in [1.165, 1.54) is 31.4 Å². The Labute approximate surface area is 120 Å². The largest absolute Gasteiger partial charge is 0.489 e. The fourth-order valence-electron chi connectivity index (χ4n) is 1.46. The van der Waals surface area contributed by atoms with E-state index in [4.69, 9.17) is 19.8 Å². The van der Waals surface area contributed by atoms with Crippen molar-refractivity contribution in [2.45, 2.75) is 0 Å². The molecule has 0 aliphatic heterocycles. The van der Waals surface area contributed by atoms with Crippen LogP contribution >= 0.6 is 0 Å². The van der Waals surface area contributed by atoms with E-state index in [1.54, 1.807) is 6.07 Å². The quantitative estimate of drug-likeness (QED) is 0.202. The number of carboxylic acid groups (broad SMARTS) is 1. The van der Waals surface area contributed by atoms with Crippen molar-refractivity contribution in [2.24, 2.45) is 0 Å². The van der Waals surface area contributed by atoms with Gasteiger partial charge in [0.1, 0.15) is 12.7 Å². The molecular formula is C13H12N2O6. The summed E-state index contributed by atoms with van der Waals surface area (Å²) < 4.78 is 10.1. The highest BCUT2D eigenvalue weighted by Gasteiger charge is 2.18. The number of rotatable bonds is 7. The molecule has 1 rings (SSSR count). The highest BCUT2D eigenvalue weighted by Crippen LogP contribution is 2.23. The Hall–Kier alpha value is -2.92. The first-order valence-electron chi connectivity index (χ1n) is 5.75. The lowest BCUT2D eigenvalue weighted by atomic mass is 10.1. The van der Waals surface area contributed by atoms with Gasteiger partial charge in [-0.2, -0.15) is 5.26 Å². The van der Waals surface area contributed by atoms with Crippen LogP contribution in [0.25, 0.3) is 5.76 Å². The molecule has 110 valence electrons. The number of nitro groups is 1. The van der Waals surface area contributed by atoms with Crippen LogP contribution in [0.15, 0.2) is 29.8 Å². The Kier molecular flexibility index (Phi) is 5.85. The van der Waals surface area contributed by atoms with Gasteiger partial charge in [0.2, 0.25) is 0 Å². The van der Waals surface area contributed by atoms with Crippen LogP contribution in [0.2, 0.25) is 0 Å². The number of carboxylic acids is 1. The Balaban J connectivity index is 3.20. The van der Waals surface area contributed by atoms with Crippen LogP contribution in [0.1, 0.15) is 5.56 Å². The van der Waals surface area contributed by atoms with E-state index in [2.05, 4.69) is 0 Å². The summed E-state index contributed by atoms with van der Waals surface area (Å²) in [4.78, 5) is 21.1. The van der Waals surface area contributed by atoms with Crippen LogP contribution in [0, 0.1) is 21.4 Å². The average Bonchev–Trinajstić information content (AvgIpc) is 2.46. The molecule has 0 aliphatic carbocycles. The Bertz CT molecular complexity index is 600. The van der Waals surface area contributed by atoms with Gasteiger partial charge >= 0.3 is 5.97 Å². The molecule has 0 heterocycles. The number of hydrogen-bond donors (Lipinski definition) is 1. The molecule has 0 spiro atoms. The number of carbonyl (C=O) groups is 1. The van der Waals surface area contributed by atoms with Gasteiger partial charge in [-0.15, -0.1) is 0 Å². The molecule has 0 saturated carbocycles. The lowest BCUT2D eigenvalue weighted by Gasteiger charge is -2.11. The Morgan fingerprint density at radius 1 is 1.38 bits per heavy atom. The smallest absolute Gasteiger partial charge is 0.350 e. The molecule has 1 N–H and O–H groups in total. The fourth-order valence-corrected chi connectivity index (χ4v) is 1.46.